The van der Waals surface area contributed by atoms with E-state index < -0.39 is 0 Å². The van der Waals surface area contributed by atoms with Gasteiger partial charge in [-0.1, -0.05) is 12.1 Å². The molecule has 0 radical (unpaired) electrons. The Morgan fingerprint density at radius 2 is 1.92 bits per heavy atom. The first kappa shape index (κ1) is 20.8. The molecule has 2 aromatic rings. The maximum absolute atomic E-state index is 6.18. The first-order valence-electron chi connectivity index (χ1n) is 8.57. The second kappa shape index (κ2) is 9.96. The van der Waals surface area contributed by atoms with E-state index in [1.54, 1.807) is 11.3 Å². The van der Waals surface area contributed by atoms with Gasteiger partial charge in [-0.05, 0) is 31.5 Å². The third-order valence-electron chi connectivity index (χ3n) is 4.01. The molecule has 1 saturated heterocycles. The highest BCUT2D eigenvalue weighted by Crippen LogP contribution is 2.19. The monoisotopic (exact) mass is 487 g/mol. The lowest BCUT2D eigenvalue weighted by molar-refractivity contribution is 0.242. The quantitative estimate of drug-likeness (QED) is 0.399. The van der Waals surface area contributed by atoms with Crippen molar-refractivity contribution in [3.05, 3.63) is 41.4 Å². The third kappa shape index (κ3) is 5.73. The van der Waals surface area contributed by atoms with Gasteiger partial charge in [0.25, 0.3) is 0 Å². The molecular weight excluding hydrogens is 461 g/mol. The van der Waals surface area contributed by atoms with Crippen molar-refractivity contribution in [3.8, 4) is 5.75 Å². The summed E-state index contributed by atoms with van der Waals surface area (Å²) in [6, 6.07) is 8.03. The van der Waals surface area contributed by atoms with Crippen molar-refractivity contribution in [1.82, 2.24) is 9.88 Å². The summed E-state index contributed by atoms with van der Waals surface area (Å²) in [5.74, 6) is 1.50. The van der Waals surface area contributed by atoms with Crippen LogP contribution in [0.2, 0.25) is 0 Å². The number of piperazine rings is 1. The zero-order chi connectivity index (χ0) is 17.6. The summed E-state index contributed by atoms with van der Waals surface area (Å²) in [7, 11) is 0. The van der Waals surface area contributed by atoms with Crippen LogP contribution in [0, 0.1) is 0 Å². The molecule has 1 aromatic carbocycles. The van der Waals surface area contributed by atoms with Gasteiger partial charge in [0, 0.05) is 37.8 Å². The van der Waals surface area contributed by atoms with E-state index in [1.165, 1.54) is 0 Å². The van der Waals surface area contributed by atoms with Crippen molar-refractivity contribution < 1.29 is 4.74 Å². The van der Waals surface area contributed by atoms with Crippen LogP contribution in [0.4, 0.5) is 5.13 Å². The lowest BCUT2D eigenvalue weighted by atomic mass is 10.2. The van der Waals surface area contributed by atoms with Crippen LogP contribution >= 0.6 is 35.3 Å². The van der Waals surface area contributed by atoms with Crippen molar-refractivity contribution in [2.75, 3.05) is 31.1 Å². The van der Waals surface area contributed by atoms with Gasteiger partial charge >= 0.3 is 0 Å². The van der Waals surface area contributed by atoms with Gasteiger partial charge < -0.3 is 20.3 Å². The summed E-state index contributed by atoms with van der Waals surface area (Å²) in [6.45, 7) is 8.21. The van der Waals surface area contributed by atoms with E-state index in [-0.39, 0.29) is 30.1 Å². The highest BCUT2D eigenvalue weighted by atomic mass is 127. The molecule has 1 aliphatic heterocycles. The molecule has 1 aliphatic rings. The minimum absolute atomic E-state index is 0. The Labute approximate surface area is 176 Å². The zero-order valence-electron chi connectivity index (χ0n) is 15.2. The number of hydrogen-bond donors (Lipinski definition) is 1. The van der Waals surface area contributed by atoms with Crippen molar-refractivity contribution in [2.45, 2.75) is 26.5 Å². The number of aliphatic imine (C=N–C) groups is 1. The van der Waals surface area contributed by atoms with Gasteiger partial charge in [-0.15, -0.1) is 35.3 Å². The molecule has 0 bridgehead atoms. The first-order valence-corrected chi connectivity index (χ1v) is 9.44. The van der Waals surface area contributed by atoms with Crippen molar-refractivity contribution in [2.24, 2.45) is 10.7 Å². The summed E-state index contributed by atoms with van der Waals surface area (Å²) in [5, 5.41) is 3.09. The van der Waals surface area contributed by atoms with E-state index in [2.05, 4.69) is 19.8 Å². The average Bonchev–Trinajstić information content (AvgIpc) is 3.15. The smallest absolute Gasteiger partial charge is 0.191 e. The van der Waals surface area contributed by atoms with Gasteiger partial charge in [-0.2, -0.15) is 0 Å². The van der Waals surface area contributed by atoms with E-state index in [1.807, 2.05) is 49.7 Å². The van der Waals surface area contributed by atoms with Gasteiger partial charge in [0.1, 0.15) is 5.75 Å². The Bertz CT molecular complexity index is 682. The van der Waals surface area contributed by atoms with Crippen molar-refractivity contribution in [3.63, 3.8) is 0 Å². The third-order valence-corrected chi connectivity index (χ3v) is 4.84. The zero-order valence-corrected chi connectivity index (χ0v) is 18.3. The van der Waals surface area contributed by atoms with Crippen LogP contribution in [0.1, 0.15) is 19.4 Å². The second-order valence-electron chi connectivity index (χ2n) is 6.27. The summed E-state index contributed by atoms with van der Waals surface area (Å²) in [4.78, 5) is 13.3. The molecule has 142 valence electrons. The van der Waals surface area contributed by atoms with E-state index in [0.29, 0.717) is 12.5 Å². The molecule has 0 unspecified atom stereocenters. The van der Waals surface area contributed by atoms with E-state index in [4.69, 9.17) is 10.5 Å². The maximum atomic E-state index is 6.18. The van der Waals surface area contributed by atoms with Crippen LogP contribution in [0.15, 0.2) is 40.8 Å². The largest absolute Gasteiger partial charge is 0.491 e. The fourth-order valence-corrected chi connectivity index (χ4v) is 3.41. The molecule has 0 amide bonds. The highest BCUT2D eigenvalue weighted by molar-refractivity contribution is 14.0. The van der Waals surface area contributed by atoms with E-state index in [0.717, 1.165) is 42.6 Å². The fourth-order valence-electron chi connectivity index (χ4n) is 2.72. The minimum Gasteiger partial charge on any atom is -0.491 e. The van der Waals surface area contributed by atoms with Gasteiger partial charge in [-0.3, -0.25) is 0 Å². The number of guanidine groups is 1. The maximum Gasteiger partial charge on any atom is 0.191 e. The Kier molecular flexibility index (Phi) is 7.95. The number of anilines is 1. The van der Waals surface area contributed by atoms with Gasteiger partial charge in [-0.25, -0.2) is 9.98 Å². The molecule has 1 fully saturated rings. The molecular formula is C18H26IN5OS. The van der Waals surface area contributed by atoms with Crippen LogP contribution < -0.4 is 15.4 Å². The SMILES string of the molecule is CC(C)Oc1ccc(CN=C(N)N2CCN(c3nccs3)CC2)cc1.I. The number of benzene rings is 1. The lowest BCUT2D eigenvalue weighted by Gasteiger charge is -2.35. The van der Waals surface area contributed by atoms with E-state index >= 15 is 0 Å². The standard InChI is InChI=1S/C18H25N5OS.HI/c1-14(2)24-16-5-3-15(4-6-16)13-21-17(19)22-8-10-23(11-9-22)18-20-7-12-25-18;/h3-7,12,14H,8-11,13H2,1-2H3,(H2,19,21);1H. The lowest BCUT2D eigenvalue weighted by Crippen LogP contribution is -2.51. The molecule has 0 spiro atoms. The number of nitrogens with zero attached hydrogens (tertiary/aromatic N) is 4. The highest BCUT2D eigenvalue weighted by Gasteiger charge is 2.19. The number of rotatable bonds is 5. The number of hydrogen-bond acceptors (Lipinski definition) is 5. The van der Waals surface area contributed by atoms with E-state index in [9.17, 15) is 0 Å². The number of halogens is 1. The molecule has 8 heteroatoms. The summed E-state index contributed by atoms with van der Waals surface area (Å²) in [5.41, 5.74) is 7.30. The number of thiazole rings is 1. The second-order valence-corrected chi connectivity index (χ2v) is 7.15. The van der Waals surface area contributed by atoms with Crippen molar-refractivity contribution in [1.29, 1.82) is 0 Å². The predicted molar refractivity (Wildman–Crippen MR) is 119 cm³/mol. The Balaban J connectivity index is 0.00000243. The fraction of sp³-hybridized carbons (Fsp3) is 0.444. The number of aromatic nitrogens is 1. The Morgan fingerprint density at radius 3 is 2.50 bits per heavy atom. The van der Waals surface area contributed by atoms with Crippen LogP contribution in [-0.4, -0.2) is 48.1 Å². The van der Waals surface area contributed by atoms with Crippen LogP contribution in [0.3, 0.4) is 0 Å². The summed E-state index contributed by atoms with van der Waals surface area (Å²) < 4.78 is 5.65. The molecule has 0 aliphatic carbocycles. The number of nitrogens with two attached hydrogens (primary N) is 1. The van der Waals surface area contributed by atoms with Crippen LogP contribution in [0.25, 0.3) is 0 Å². The molecule has 1 aromatic heterocycles. The molecule has 6 nitrogen and oxygen atoms in total. The Hall–Kier alpha value is -1.55. The molecule has 26 heavy (non-hydrogen) atoms. The first-order chi connectivity index (χ1) is 12.1. The Morgan fingerprint density at radius 1 is 1.23 bits per heavy atom. The average molecular weight is 487 g/mol. The van der Waals surface area contributed by atoms with Crippen LogP contribution in [0.5, 0.6) is 5.75 Å². The molecule has 3 rings (SSSR count). The number of ether oxygens (including phenoxy) is 1. The molecule has 0 atom stereocenters. The van der Waals surface area contributed by atoms with Gasteiger partial charge in [0.2, 0.25) is 0 Å². The predicted octanol–water partition coefficient (Wildman–Crippen LogP) is 3.19. The topological polar surface area (TPSA) is 67.0 Å². The van der Waals surface area contributed by atoms with Gasteiger partial charge in [0.15, 0.2) is 11.1 Å². The summed E-state index contributed by atoms with van der Waals surface area (Å²) >= 11 is 1.68. The minimum atomic E-state index is 0. The van der Waals surface area contributed by atoms with Gasteiger partial charge in [0.05, 0.1) is 12.6 Å². The summed E-state index contributed by atoms with van der Waals surface area (Å²) in [6.07, 6.45) is 2.03. The molecule has 2 N–H and O–H groups in total. The van der Waals surface area contributed by atoms with Crippen molar-refractivity contribution >= 4 is 46.4 Å². The normalized spacial score (nSPS) is 15.1. The molecule has 0 saturated carbocycles. The van der Waals surface area contributed by atoms with Crippen LogP contribution in [-0.2, 0) is 6.54 Å². The molecule has 2 heterocycles.